The standard InChI is InChI=1S/C11H13NO/c12-10-7-11(10)5-6-13-9-4-2-1-3-8(9)11/h1-4,10H,5-7,12H2/t10-,11+/m0/s1. The highest BCUT2D eigenvalue weighted by atomic mass is 16.5. The maximum Gasteiger partial charge on any atom is 0.123 e. The van der Waals surface area contributed by atoms with Crippen LogP contribution in [0.25, 0.3) is 0 Å². The molecule has 1 aromatic carbocycles. The van der Waals surface area contributed by atoms with Crippen molar-refractivity contribution in [2.75, 3.05) is 6.61 Å². The van der Waals surface area contributed by atoms with E-state index in [-0.39, 0.29) is 5.41 Å². The Morgan fingerprint density at radius 3 is 2.92 bits per heavy atom. The molecule has 1 heterocycles. The molecule has 1 aliphatic heterocycles. The van der Waals surface area contributed by atoms with Crippen molar-refractivity contribution in [3.05, 3.63) is 29.8 Å². The molecule has 1 aromatic rings. The highest BCUT2D eigenvalue weighted by Crippen LogP contribution is 2.54. The Bertz CT molecular complexity index is 350. The third-order valence-corrected chi connectivity index (χ3v) is 3.36. The first kappa shape index (κ1) is 7.39. The second kappa shape index (κ2) is 2.26. The van der Waals surface area contributed by atoms with E-state index in [1.54, 1.807) is 0 Å². The Morgan fingerprint density at radius 2 is 2.15 bits per heavy atom. The summed E-state index contributed by atoms with van der Waals surface area (Å²) >= 11 is 0. The molecule has 1 aliphatic carbocycles. The molecular formula is C11H13NO. The van der Waals surface area contributed by atoms with Crippen LogP contribution in [0.4, 0.5) is 0 Å². The molecule has 2 N–H and O–H groups in total. The monoisotopic (exact) mass is 175 g/mol. The van der Waals surface area contributed by atoms with Gasteiger partial charge in [0.2, 0.25) is 0 Å². The van der Waals surface area contributed by atoms with Gasteiger partial charge < -0.3 is 10.5 Å². The molecule has 1 fully saturated rings. The summed E-state index contributed by atoms with van der Waals surface area (Å²) in [4.78, 5) is 0. The quantitative estimate of drug-likeness (QED) is 0.647. The zero-order valence-electron chi connectivity index (χ0n) is 7.49. The summed E-state index contributed by atoms with van der Waals surface area (Å²) in [5, 5.41) is 0. The minimum Gasteiger partial charge on any atom is -0.493 e. The molecule has 2 heteroatoms. The minimum atomic E-state index is 0.273. The molecule has 2 nitrogen and oxygen atoms in total. The zero-order valence-corrected chi connectivity index (χ0v) is 7.49. The molecule has 0 bridgehead atoms. The second-order valence-corrected chi connectivity index (χ2v) is 4.06. The Kier molecular flexibility index (Phi) is 1.29. The SMILES string of the molecule is N[C@H]1C[C@@]12CCOc1ccccc12. The molecule has 2 atom stereocenters. The maximum atomic E-state index is 5.99. The Labute approximate surface area is 77.7 Å². The lowest BCUT2D eigenvalue weighted by Crippen LogP contribution is -2.26. The van der Waals surface area contributed by atoms with Crippen molar-refractivity contribution in [3.63, 3.8) is 0 Å². The van der Waals surface area contributed by atoms with Crippen LogP contribution in [-0.2, 0) is 5.41 Å². The number of rotatable bonds is 0. The molecule has 1 spiro atoms. The highest BCUT2D eigenvalue weighted by Gasteiger charge is 2.55. The number of ether oxygens (including phenoxy) is 1. The van der Waals surface area contributed by atoms with Crippen molar-refractivity contribution >= 4 is 0 Å². The van der Waals surface area contributed by atoms with Crippen LogP contribution in [0.5, 0.6) is 5.75 Å². The van der Waals surface area contributed by atoms with E-state index in [2.05, 4.69) is 12.1 Å². The van der Waals surface area contributed by atoms with Gasteiger partial charge in [-0.25, -0.2) is 0 Å². The van der Waals surface area contributed by atoms with E-state index in [1.165, 1.54) is 5.56 Å². The number of hydrogen-bond acceptors (Lipinski definition) is 2. The second-order valence-electron chi connectivity index (χ2n) is 4.06. The summed E-state index contributed by atoms with van der Waals surface area (Å²) in [7, 11) is 0. The van der Waals surface area contributed by atoms with Gasteiger partial charge in [-0.15, -0.1) is 0 Å². The van der Waals surface area contributed by atoms with Crippen LogP contribution in [0.1, 0.15) is 18.4 Å². The smallest absolute Gasteiger partial charge is 0.123 e. The van der Waals surface area contributed by atoms with Crippen LogP contribution >= 0.6 is 0 Å². The van der Waals surface area contributed by atoms with Gasteiger partial charge in [0.05, 0.1) is 6.61 Å². The first-order chi connectivity index (χ1) is 6.33. The fourth-order valence-corrected chi connectivity index (χ4v) is 2.41. The summed E-state index contributed by atoms with van der Waals surface area (Å²) in [6.07, 6.45) is 2.22. The van der Waals surface area contributed by atoms with Crippen LogP contribution in [0.3, 0.4) is 0 Å². The molecule has 3 rings (SSSR count). The van der Waals surface area contributed by atoms with Gasteiger partial charge in [-0.3, -0.25) is 0 Å². The normalized spacial score (nSPS) is 35.3. The van der Waals surface area contributed by atoms with E-state index >= 15 is 0 Å². The van der Waals surface area contributed by atoms with E-state index < -0.39 is 0 Å². The number of para-hydroxylation sites is 1. The predicted octanol–water partition coefficient (Wildman–Crippen LogP) is 1.44. The first-order valence-corrected chi connectivity index (χ1v) is 4.81. The highest BCUT2D eigenvalue weighted by molar-refractivity contribution is 5.47. The Balaban J connectivity index is 2.13. The molecule has 13 heavy (non-hydrogen) atoms. The summed E-state index contributed by atoms with van der Waals surface area (Å²) in [5.74, 6) is 1.04. The molecule has 2 aliphatic rings. The summed E-state index contributed by atoms with van der Waals surface area (Å²) in [6, 6.07) is 8.65. The lowest BCUT2D eigenvalue weighted by molar-refractivity contribution is 0.258. The van der Waals surface area contributed by atoms with Gasteiger partial charge in [-0.2, -0.15) is 0 Å². The fraction of sp³-hybridized carbons (Fsp3) is 0.455. The van der Waals surface area contributed by atoms with Gasteiger partial charge in [-0.1, -0.05) is 18.2 Å². The average Bonchev–Trinajstić information content (AvgIpc) is 2.79. The van der Waals surface area contributed by atoms with Crippen LogP contribution < -0.4 is 10.5 Å². The molecule has 1 saturated carbocycles. The fourth-order valence-electron chi connectivity index (χ4n) is 2.41. The van der Waals surface area contributed by atoms with Crippen molar-refractivity contribution < 1.29 is 4.74 Å². The van der Waals surface area contributed by atoms with Gasteiger partial charge in [0.15, 0.2) is 0 Å². The zero-order chi connectivity index (χ0) is 8.89. The molecule has 0 saturated heterocycles. The van der Waals surface area contributed by atoms with Gasteiger partial charge in [0.1, 0.15) is 5.75 Å². The van der Waals surface area contributed by atoms with E-state index in [0.29, 0.717) is 6.04 Å². The predicted molar refractivity (Wildman–Crippen MR) is 50.8 cm³/mol. The lowest BCUT2D eigenvalue weighted by Gasteiger charge is -2.26. The van der Waals surface area contributed by atoms with Crippen molar-refractivity contribution in [1.29, 1.82) is 0 Å². The van der Waals surface area contributed by atoms with Gasteiger partial charge in [0, 0.05) is 17.0 Å². The molecule has 0 unspecified atom stereocenters. The molecule has 0 aromatic heterocycles. The Morgan fingerprint density at radius 1 is 1.38 bits per heavy atom. The summed E-state index contributed by atoms with van der Waals surface area (Å²) < 4.78 is 5.59. The van der Waals surface area contributed by atoms with E-state index in [9.17, 15) is 0 Å². The van der Waals surface area contributed by atoms with Crippen LogP contribution in [0, 0.1) is 0 Å². The molecule has 68 valence electrons. The summed E-state index contributed by atoms with van der Waals surface area (Å²) in [6.45, 7) is 0.824. The third kappa shape index (κ3) is 0.866. The van der Waals surface area contributed by atoms with Gasteiger partial charge in [-0.05, 0) is 18.9 Å². The molecule has 0 amide bonds. The first-order valence-electron chi connectivity index (χ1n) is 4.81. The minimum absolute atomic E-state index is 0.273. The maximum absolute atomic E-state index is 5.99. The number of benzene rings is 1. The topological polar surface area (TPSA) is 35.2 Å². The summed E-state index contributed by atoms with van der Waals surface area (Å²) in [5.41, 5.74) is 7.59. The number of hydrogen-bond donors (Lipinski definition) is 1. The van der Waals surface area contributed by atoms with Crippen molar-refractivity contribution in [3.8, 4) is 5.75 Å². The Hall–Kier alpha value is -1.02. The van der Waals surface area contributed by atoms with Crippen LogP contribution in [0.15, 0.2) is 24.3 Å². The van der Waals surface area contributed by atoms with Crippen molar-refractivity contribution in [1.82, 2.24) is 0 Å². The van der Waals surface area contributed by atoms with E-state index in [4.69, 9.17) is 10.5 Å². The van der Waals surface area contributed by atoms with Crippen LogP contribution in [0.2, 0.25) is 0 Å². The number of fused-ring (bicyclic) bond motifs is 2. The molecular weight excluding hydrogens is 162 g/mol. The van der Waals surface area contributed by atoms with Crippen molar-refractivity contribution in [2.24, 2.45) is 5.73 Å². The van der Waals surface area contributed by atoms with Crippen LogP contribution in [-0.4, -0.2) is 12.6 Å². The van der Waals surface area contributed by atoms with E-state index in [0.717, 1.165) is 25.2 Å². The molecule has 0 radical (unpaired) electrons. The number of nitrogens with two attached hydrogens (primary N) is 1. The van der Waals surface area contributed by atoms with Gasteiger partial charge >= 0.3 is 0 Å². The third-order valence-electron chi connectivity index (χ3n) is 3.36. The average molecular weight is 175 g/mol. The largest absolute Gasteiger partial charge is 0.493 e. The van der Waals surface area contributed by atoms with Crippen molar-refractivity contribution in [2.45, 2.75) is 24.3 Å². The van der Waals surface area contributed by atoms with E-state index in [1.807, 2.05) is 12.1 Å². The van der Waals surface area contributed by atoms with Gasteiger partial charge in [0.25, 0.3) is 0 Å². The lowest BCUT2D eigenvalue weighted by atomic mass is 9.89.